The minimum absolute atomic E-state index is 0.846. The van der Waals surface area contributed by atoms with Crippen molar-refractivity contribution in [2.45, 2.75) is 26.7 Å². The Morgan fingerprint density at radius 3 is 2.17 bits per heavy atom. The summed E-state index contributed by atoms with van der Waals surface area (Å²) in [5.41, 5.74) is 3.05. The highest BCUT2D eigenvalue weighted by atomic mass is 14.0. The van der Waals surface area contributed by atoms with Crippen LogP contribution in [0.25, 0.3) is 0 Å². The van der Waals surface area contributed by atoms with E-state index in [-0.39, 0.29) is 0 Å². The highest BCUT2D eigenvalue weighted by Crippen LogP contribution is 2.09. The molecule has 0 nitrogen and oxygen atoms in total. The second kappa shape index (κ2) is 5.43. The van der Waals surface area contributed by atoms with Crippen molar-refractivity contribution in [3.8, 4) is 11.8 Å². The lowest BCUT2D eigenvalue weighted by atomic mass is 10.1. The lowest BCUT2D eigenvalue weighted by Gasteiger charge is -1.99. The molecule has 0 N–H and O–H groups in total. The largest absolute Gasteiger partial charge is 0.0979 e. The molecule has 0 rings (SSSR count). The minimum Gasteiger partial charge on any atom is -0.0979 e. The lowest BCUT2D eigenvalue weighted by Crippen LogP contribution is -1.80. The van der Waals surface area contributed by atoms with Gasteiger partial charge in [-0.15, -0.1) is 0 Å². The second-order valence-corrected chi connectivity index (χ2v) is 2.97. The van der Waals surface area contributed by atoms with Gasteiger partial charge >= 0.3 is 0 Å². The summed E-state index contributed by atoms with van der Waals surface area (Å²) in [6, 6.07) is 0. The quantitative estimate of drug-likeness (QED) is 0.438. The third-order valence-corrected chi connectivity index (χ3v) is 1.46. The van der Waals surface area contributed by atoms with E-state index in [0.29, 0.717) is 0 Å². The summed E-state index contributed by atoms with van der Waals surface area (Å²) in [7, 11) is 0. The second-order valence-electron chi connectivity index (χ2n) is 2.97. The predicted molar refractivity (Wildman–Crippen MR) is 55.8 cm³/mol. The molecule has 0 unspecified atom stereocenters. The third-order valence-electron chi connectivity index (χ3n) is 1.46. The van der Waals surface area contributed by atoms with Crippen LogP contribution in [0.5, 0.6) is 0 Å². The maximum absolute atomic E-state index is 3.88. The zero-order chi connectivity index (χ0) is 9.56. The van der Waals surface area contributed by atoms with Crippen molar-refractivity contribution in [1.82, 2.24) is 0 Å². The molecule has 0 heterocycles. The number of allylic oxidation sites excluding steroid dienone is 3. The van der Waals surface area contributed by atoms with E-state index in [1.165, 1.54) is 0 Å². The van der Waals surface area contributed by atoms with Gasteiger partial charge in [-0.2, -0.15) is 0 Å². The van der Waals surface area contributed by atoms with Crippen molar-refractivity contribution in [3.63, 3.8) is 0 Å². The first-order chi connectivity index (χ1) is 5.54. The molecule has 0 aromatic rings. The van der Waals surface area contributed by atoms with Gasteiger partial charge in [-0.05, 0) is 25.8 Å². The molecule has 0 aromatic carbocycles. The van der Waals surface area contributed by atoms with Gasteiger partial charge < -0.3 is 0 Å². The van der Waals surface area contributed by atoms with Crippen LogP contribution >= 0.6 is 0 Å². The summed E-state index contributed by atoms with van der Waals surface area (Å²) >= 11 is 0. The van der Waals surface area contributed by atoms with E-state index in [1.54, 1.807) is 0 Å². The van der Waals surface area contributed by atoms with Crippen LogP contribution < -0.4 is 0 Å². The first-order valence-corrected chi connectivity index (χ1v) is 4.02. The zero-order valence-electron chi connectivity index (χ0n) is 8.04. The molecule has 0 bridgehead atoms. The number of hydrogen-bond acceptors (Lipinski definition) is 0. The Morgan fingerprint density at radius 2 is 1.75 bits per heavy atom. The Hall–Kier alpha value is -1.22. The summed E-state index contributed by atoms with van der Waals surface area (Å²) in [4.78, 5) is 0. The first-order valence-electron chi connectivity index (χ1n) is 4.02. The first kappa shape index (κ1) is 10.8. The monoisotopic (exact) mass is 160 g/mol. The molecular formula is C12H16. The molecule has 64 valence electrons. The zero-order valence-corrected chi connectivity index (χ0v) is 8.04. The molecule has 0 aromatic heterocycles. The number of rotatable bonds is 3. The Kier molecular flexibility index (Phi) is 4.88. The van der Waals surface area contributed by atoms with Crippen LogP contribution in [0.1, 0.15) is 26.7 Å². The van der Waals surface area contributed by atoms with Gasteiger partial charge in [-0.3, -0.25) is 0 Å². The molecule has 12 heavy (non-hydrogen) atoms. The van der Waals surface area contributed by atoms with E-state index in [2.05, 4.69) is 31.6 Å². The molecule has 0 aliphatic carbocycles. The molecule has 0 saturated carbocycles. The van der Waals surface area contributed by atoms with Gasteiger partial charge in [-0.25, -0.2) is 0 Å². The summed E-state index contributed by atoms with van der Waals surface area (Å²) in [6.45, 7) is 15.2. The fraction of sp³-hybridized carbons (Fsp3) is 0.333. The lowest BCUT2D eigenvalue weighted by molar-refractivity contribution is 1.02. The molecule has 0 atom stereocenters. The minimum atomic E-state index is 0.846. The highest BCUT2D eigenvalue weighted by molar-refractivity contribution is 5.26. The fourth-order valence-corrected chi connectivity index (χ4v) is 0.640. The highest BCUT2D eigenvalue weighted by Gasteiger charge is 1.91. The van der Waals surface area contributed by atoms with Gasteiger partial charge in [0, 0.05) is 6.42 Å². The summed E-state index contributed by atoms with van der Waals surface area (Å²) in [6.07, 6.45) is 1.76. The van der Waals surface area contributed by atoms with Gasteiger partial charge in [-0.1, -0.05) is 42.7 Å². The van der Waals surface area contributed by atoms with Crippen molar-refractivity contribution in [2.24, 2.45) is 0 Å². The van der Waals surface area contributed by atoms with Gasteiger partial charge in [0.2, 0.25) is 0 Å². The molecule has 0 amide bonds. The Balaban J connectivity index is 3.73. The average molecular weight is 160 g/mol. The maximum atomic E-state index is 3.88. The molecule has 0 radical (unpaired) electrons. The SMILES string of the molecule is C=C(C)C#CCCC(=C)C(=C)C. The third kappa shape index (κ3) is 5.56. The van der Waals surface area contributed by atoms with Crippen LogP contribution in [0.3, 0.4) is 0 Å². The van der Waals surface area contributed by atoms with Gasteiger partial charge in [0.1, 0.15) is 0 Å². The van der Waals surface area contributed by atoms with Crippen molar-refractivity contribution < 1.29 is 0 Å². The van der Waals surface area contributed by atoms with Crippen LogP contribution in [0, 0.1) is 11.8 Å². The van der Waals surface area contributed by atoms with Crippen molar-refractivity contribution in [1.29, 1.82) is 0 Å². The standard InChI is InChI=1S/C12H16/c1-10(2)8-6-7-9-12(5)11(3)4/h1,3,5,7,9H2,2,4H3. The van der Waals surface area contributed by atoms with Crippen molar-refractivity contribution >= 4 is 0 Å². The Labute approximate surface area is 75.7 Å². The van der Waals surface area contributed by atoms with Crippen molar-refractivity contribution in [3.05, 3.63) is 36.5 Å². The molecule has 0 heteroatoms. The van der Waals surface area contributed by atoms with E-state index >= 15 is 0 Å². The topological polar surface area (TPSA) is 0 Å². The van der Waals surface area contributed by atoms with Crippen LogP contribution in [-0.2, 0) is 0 Å². The summed E-state index contributed by atoms with van der Waals surface area (Å²) in [5, 5.41) is 0. The molecule has 0 spiro atoms. The van der Waals surface area contributed by atoms with Gasteiger partial charge in [0.25, 0.3) is 0 Å². The van der Waals surface area contributed by atoms with Crippen LogP contribution in [0.2, 0.25) is 0 Å². The van der Waals surface area contributed by atoms with Crippen LogP contribution in [0.15, 0.2) is 36.5 Å². The molecule has 0 saturated heterocycles. The van der Waals surface area contributed by atoms with Crippen LogP contribution in [0.4, 0.5) is 0 Å². The molecule has 0 aliphatic rings. The van der Waals surface area contributed by atoms with E-state index in [0.717, 1.165) is 29.6 Å². The van der Waals surface area contributed by atoms with E-state index < -0.39 is 0 Å². The molecule has 0 aliphatic heterocycles. The smallest absolute Gasteiger partial charge is 0.0133 e. The summed E-state index contributed by atoms with van der Waals surface area (Å²) in [5.74, 6) is 5.94. The maximum Gasteiger partial charge on any atom is 0.0133 e. The van der Waals surface area contributed by atoms with Crippen molar-refractivity contribution in [2.75, 3.05) is 0 Å². The predicted octanol–water partition coefficient (Wildman–Crippen LogP) is 3.48. The van der Waals surface area contributed by atoms with Gasteiger partial charge in [0.05, 0.1) is 0 Å². The Morgan fingerprint density at radius 1 is 1.17 bits per heavy atom. The van der Waals surface area contributed by atoms with Crippen LogP contribution in [-0.4, -0.2) is 0 Å². The summed E-state index contributed by atoms with van der Waals surface area (Å²) < 4.78 is 0. The normalized spacial score (nSPS) is 8.17. The molecular weight excluding hydrogens is 144 g/mol. The number of hydrogen-bond donors (Lipinski definition) is 0. The average Bonchev–Trinajstić information content (AvgIpc) is 1.97. The Bertz CT molecular complexity index is 255. The van der Waals surface area contributed by atoms with Gasteiger partial charge in [0.15, 0.2) is 0 Å². The van der Waals surface area contributed by atoms with E-state index in [4.69, 9.17) is 0 Å². The molecule has 0 fully saturated rings. The van der Waals surface area contributed by atoms with E-state index in [9.17, 15) is 0 Å². The van der Waals surface area contributed by atoms with E-state index in [1.807, 2.05) is 13.8 Å². The fourth-order valence-electron chi connectivity index (χ4n) is 0.640.